The number of nitriles is 1. The lowest BCUT2D eigenvalue weighted by atomic mass is 9.69. The number of hydrogen-bond acceptors (Lipinski definition) is 4. The summed E-state index contributed by atoms with van der Waals surface area (Å²) in [4.78, 5) is 15.4. The minimum atomic E-state index is -0.228. The Balaban J connectivity index is 1.94. The number of carbonyl (C=O) groups is 1. The Labute approximate surface area is 160 Å². The maximum Gasteiger partial charge on any atom is 0.162 e. The number of nitrogens with zero attached hydrogens (tertiary/aromatic N) is 2. The average molecular weight is 415 g/mol. The first-order valence-electron chi connectivity index (χ1n) is 8.47. The topological polar surface area (TPSA) is 44.1 Å². The van der Waals surface area contributed by atoms with Crippen LogP contribution in [-0.4, -0.2) is 23.0 Å². The van der Waals surface area contributed by atoms with Crippen LogP contribution in [0.5, 0.6) is 0 Å². The molecule has 0 unspecified atom stereocenters. The van der Waals surface area contributed by atoms with Gasteiger partial charge in [0.25, 0.3) is 0 Å². The van der Waals surface area contributed by atoms with Gasteiger partial charge in [0.1, 0.15) is 0 Å². The Bertz CT molecular complexity index is 861. The molecule has 128 valence electrons. The van der Waals surface area contributed by atoms with Gasteiger partial charge in [-0.1, -0.05) is 41.9 Å². The number of allylic oxidation sites excluding steroid dienone is 3. The molecule has 3 nitrogen and oxygen atoms in total. The number of hydrogen-bond donors (Lipinski definition) is 0. The molecule has 0 radical (unpaired) electrons. The molecule has 1 aromatic rings. The van der Waals surface area contributed by atoms with E-state index in [2.05, 4.69) is 40.7 Å². The molecule has 4 rings (SSSR count). The second kappa shape index (κ2) is 6.03. The first kappa shape index (κ1) is 16.9. The maximum atomic E-state index is 13.1. The van der Waals surface area contributed by atoms with Gasteiger partial charge in [0.2, 0.25) is 0 Å². The van der Waals surface area contributed by atoms with Crippen molar-refractivity contribution in [2.24, 2.45) is 5.41 Å². The molecule has 1 aliphatic carbocycles. The third kappa shape index (κ3) is 2.76. The van der Waals surface area contributed by atoms with Crippen LogP contribution in [0.4, 0.5) is 0 Å². The lowest BCUT2D eigenvalue weighted by molar-refractivity contribution is -0.118. The Morgan fingerprint density at radius 1 is 1.28 bits per heavy atom. The van der Waals surface area contributed by atoms with Gasteiger partial charge in [-0.15, -0.1) is 11.8 Å². The van der Waals surface area contributed by atoms with Crippen molar-refractivity contribution in [1.29, 1.82) is 5.26 Å². The van der Waals surface area contributed by atoms with E-state index in [9.17, 15) is 10.1 Å². The number of benzene rings is 1. The van der Waals surface area contributed by atoms with Crippen molar-refractivity contribution in [3.05, 3.63) is 56.2 Å². The molecule has 1 aromatic carbocycles. The van der Waals surface area contributed by atoms with Crippen LogP contribution in [0.25, 0.3) is 0 Å². The fourth-order valence-corrected chi connectivity index (χ4v) is 5.54. The summed E-state index contributed by atoms with van der Waals surface area (Å²) in [5.74, 6) is 0.940. The normalized spacial score (nSPS) is 25.0. The van der Waals surface area contributed by atoms with Gasteiger partial charge in [0.15, 0.2) is 5.78 Å². The third-order valence-corrected chi connectivity index (χ3v) is 6.78. The predicted octanol–water partition coefficient (Wildman–Crippen LogP) is 4.97. The van der Waals surface area contributed by atoms with Crippen molar-refractivity contribution < 1.29 is 4.79 Å². The minimum absolute atomic E-state index is 0.0251. The molecule has 1 saturated heterocycles. The van der Waals surface area contributed by atoms with Crippen LogP contribution in [0, 0.1) is 16.7 Å². The fraction of sp³-hybridized carbons (Fsp3) is 0.400. The highest BCUT2D eigenvalue weighted by atomic mass is 79.9. The number of halogens is 1. The number of carbonyl (C=O) groups excluding carboxylic acids is 1. The number of ketones is 1. The molecule has 0 amide bonds. The molecule has 1 fully saturated rings. The highest BCUT2D eigenvalue weighted by Gasteiger charge is 2.45. The van der Waals surface area contributed by atoms with Gasteiger partial charge in [0, 0.05) is 34.5 Å². The Kier molecular flexibility index (Phi) is 4.09. The van der Waals surface area contributed by atoms with Gasteiger partial charge in [-0.2, -0.15) is 5.26 Å². The number of thioether (sulfide) groups is 1. The number of rotatable bonds is 1. The molecular formula is C20H19BrN2OS. The van der Waals surface area contributed by atoms with E-state index < -0.39 is 0 Å². The summed E-state index contributed by atoms with van der Waals surface area (Å²) in [5, 5.41) is 11.0. The van der Waals surface area contributed by atoms with Crippen molar-refractivity contribution in [1.82, 2.24) is 4.90 Å². The summed E-state index contributed by atoms with van der Waals surface area (Å²) in [7, 11) is 0. The quantitative estimate of drug-likeness (QED) is 0.650. The SMILES string of the molecule is CC1(C)CC(=O)C2=C(C1)N1CCSC1=C(C#N)[C@H]2c1ccc(Br)cc1. The van der Waals surface area contributed by atoms with Crippen LogP contribution in [-0.2, 0) is 4.79 Å². The smallest absolute Gasteiger partial charge is 0.162 e. The highest BCUT2D eigenvalue weighted by molar-refractivity contribution is 9.10. The molecule has 0 aromatic heterocycles. The monoisotopic (exact) mass is 414 g/mol. The van der Waals surface area contributed by atoms with E-state index in [0.717, 1.165) is 50.6 Å². The van der Waals surface area contributed by atoms with E-state index in [-0.39, 0.29) is 17.1 Å². The molecule has 3 aliphatic rings. The van der Waals surface area contributed by atoms with Crippen molar-refractivity contribution in [3.63, 3.8) is 0 Å². The molecule has 2 aliphatic heterocycles. The molecule has 5 heteroatoms. The zero-order chi connectivity index (χ0) is 17.8. The van der Waals surface area contributed by atoms with Crippen LogP contribution in [0.1, 0.15) is 38.2 Å². The van der Waals surface area contributed by atoms with E-state index in [4.69, 9.17) is 0 Å². The second-order valence-electron chi connectivity index (χ2n) is 7.62. The largest absolute Gasteiger partial charge is 0.338 e. The lowest BCUT2D eigenvalue weighted by Gasteiger charge is -2.42. The number of fused-ring (bicyclic) bond motifs is 2. The van der Waals surface area contributed by atoms with Crippen molar-refractivity contribution in [3.8, 4) is 6.07 Å². The lowest BCUT2D eigenvalue weighted by Crippen LogP contribution is -2.38. The van der Waals surface area contributed by atoms with E-state index in [1.54, 1.807) is 11.8 Å². The van der Waals surface area contributed by atoms with Gasteiger partial charge in [-0.05, 0) is 29.5 Å². The molecule has 0 N–H and O–H groups in total. The molecule has 0 bridgehead atoms. The van der Waals surface area contributed by atoms with E-state index >= 15 is 0 Å². The van der Waals surface area contributed by atoms with Crippen molar-refractivity contribution in [2.45, 2.75) is 32.6 Å². The van der Waals surface area contributed by atoms with Crippen molar-refractivity contribution in [2.75, 3.05) is 12.3 Å². The molecule has 0 spiro atoms. The summed E-state index contributed by atoms with van der Waals surface area (Å²) < 4.78 is 1.00. The standard InChI is InChI=1S/C20H19BrN2OS/c1-20(2)9-15-18(16(24)10-20)17(12-3-5-13(21)6-4-12)14(11-22)19-23(15)7-8-25-19/h3-6,17H,7-10H2,1-2H3/t17-/m1/s1. The van der Waals surface area contributed by atoms with E-state index in [0.29, 0.717) is 6.42 Å². The van der Waals surface area contributed by atoms with Gasteiger partial charge < -0.3 is 4.90 Å². The third-order valence-electron chi connectivity index (χ3n) is 5.15. The molecular weight excluding hydrogens is 396 g/mol. The first-order valence-corrected chi connectivity index (χ1v) is 10.3. The maximum absolute atomic E-state index is 13.1. The molecule has 2 heterocycles. The highest BCUT2D eigenvalue weighted by Crippen LogP contribution is 2.53. The average Bonchev–Trinajstić information content (AvgIpc) is 3.03. The molecule has 25 heavy (non-hydrogen) atoms. The van der Waals surface area contributed by atoms with Gasteiger partial charge >= 0.3 is 0 Å². The second-order valence-corrected chi connectivity index (χ2v) is 9.62. The summed E-state index contributed by atoms with van der Waals surface area (Å²) in [6, 6.07) is 10.5. The van der Waals surface area contributed by atoms with Crippen LogP contribution < -0.4 is 0 Å². The Hall–Kier alpha value is -1.51. The fourth-order valence-electron chi connectivity index (χ4n) is 4.13. The zero-order valence-electron chi connectivity index (χ0n) is 14.3. The molecule has 1 atom stereocenters. The zero-order valence-corrected chi connectivity index (χ0v) is 16.7. The van der Waals surface area contributed by atoms with Crippen LogP contribution in [0.3, 0.4) is 0 Å². The first-order chi connectivity index (χ1) is 11.9. The van der Waals surface area contributed by atoms with E-state index in [1.165, 1.54) is 0 Å². The van der Waals surface area contributed by atoms with E-state index in [1.807, 2.05) is 24.3 Å². The minimum Gasteiger partial charge on any atom is -0.338 e. The summed E-state index contributed by atoms with van der Waals surface area (Å²) in [6.07, 6.45) is 1.44. The van der Waals surface area contributed by atoms with Crippen LogP contribution in [0.15, 0.2) is 50.6 Å². The number of Topliss-reactive ketones (excluding diaryl/α,β-unsaturated/α-hetero) is 1. The van der Waals surface area contributed by atoms with Crippen molar-refractivity contribution >= 4 is 33.5 Å². The summed E-state index contributed by atoms with van der Waals surface area (Å²) in [6.45, 7) is 5.21. The Morgan fingerprint density at radius 2 is 2.00 bits per heavy atom. The van der Waals surface area contributed by atoms with Gasteiger partial charge in [-0.3, -0.25) is 4.79 Å². The summed E-state index contributed by atoms with van der Waals surface area (Å²) >= 11 is 5.22. The predicted molar refractivity (Wildman–Crippen MR) is 104 cm³/mol. The Morgan fingerprint density at radius 3 is 2.68 bits per heavy atom. The summed E-state index contributed by atoms with van der Waals surface area (Å²) in [5.41, 5.74) is 3.73. The van der Waals surface area contributed by atoms with Crippen LogP contribution >= 0.6 is 27.7 Å². The van der Waals surface area contributed by atoms with Gasteiger partial charge in [0.05, 0.1) is 22.6 Å². The van der Waals surface area contributed by atoms with Gasteiger partial charge in [-0.25, -0.2) is 0 Å². The van der Waals surface area contributed by atoms with Crippen LogP contribution in [0.2, 0.25) is 0 Å². The molecule has 0 saturated carbocycles.